The number of aliphatic hydroxyl groups is 1. The zero-order valence-electron chi connectivity index (χ0n) is 20.5. The fourth-order valence-electron chi connectivity index (χ4n) is 4.24. The molecule has 0 bridgehead atoms. The van der Waals surface area contributed by atoms with Crippen LogP contribution in [-0.4, -0.2) is 36.0 Å². The molecule has 0 aliphatic carbocycles. The van der Waals surface area contributed by atoms with Gasteiger partial charge in [0, 0.05) is 16.1 Å². The summed E-state index contributed by atoms with van der Waals surface area (Å²) in [5, 5.41) is 13.1. The van der Waals surface area contributed by atoms with Crippen molar-refractivity contribution < 1.29 is 29.0 Å². The standard InChI is InChI=1S/C28H27NO6S/c1-16(2)35-23(30)15-18-7-10-20(11-8-18)29-25(22-6-5-13-36-22)24(27(32)28(29)33)26(31)19-9-12-21(34-4)17(3)14-19/h5-14,16,25,31H,15H2,1-4H3/b26-24-. The number of Topliss-reactive ketones (excluding diaryl/α,β-unsaturated/α-hetero) is 1. The predicted molar refractivity (Wildman–Crippen MR) is 138 cm³/mol. The largest absolute Gasteiger partial charge is 0.507 e. The van der Waals surface area contributed by atoms with E-state index in [1.165, 1.54) is 16.2 Å². The van der Waals surface area contributed by atoms with Crippen LogP contribution < -0.4 is 9.64 Å². The molecule has 1 N–H and O–H groups in total. The molecule has 2 heterocycles. The number of thiophene rings is 1. The molecule has 1 aliphatic heterocycles. The first-order chi connectivity index (χ1) is 17.2. The second kappa shape index (κ2) is 10.4. The summed E-state index contributed by atoms with van der Waals surface area (Å²) < 4.78 is 10.5. The molecule has 1 aromatic heterocycles. The smallest absolute Gasteiger partial charge is 0.310 e. The number of nitrogens with zero attached hydrogens (tertiary/aromatic N) is 1. The fourth-order valence-corrected chi connectivity index (χ4v) is 5.07. The maximum absolute atomic E-state index is 13.3. The summed E-state index contributed by atoms with van der Waals surface area (Å²) in [7, 11) is 1.56. The lowest BCUT2D eigenvalue weighted by Gasteiger charge is -2.24. The maximum Gasteiger partial charge on any atom is 0.310 e. The second-order valence-electron chi connectivity index (χ2n) is 8.75. The van der Waals surface area contributed by atoms with Crippen molar-refractivity contribution >= 4 is 40.4 Å². The van der Waals surface area contributed by atoms with Crippen LogP contribution in [0.2, 0.25) is 0 Å². The highest BCUT2D eigenvalue weighted by atomic mass is 32.1. The number of amides is 1. The number of anilines is 1. The van der Waals surface area contributed by atoms with Crippen LogP contribution in [0.3, 0.4) is 0 Å². The Morgan fingerprint density at radius 1 is 1.11 bits per heavy atom. The molecule has 3 aromatic rings. The first-order valence-corrected chi connectivity index (χ1v) is 12.4. The van der Waals surface area contributed by atoms with Crippen molar-refractivity contribution in [2.24, 2.45) is 0 Å². The number of carbonyl (C=O) groups excluding carboxylic acids is 3. The Morgan fingerprint density at radius 3 is 2.42 bits per heavy atom. The Balaban J connectivity index is 1.74. The van der Waals surface area contributed by atoms with Crippen molar-refractivity contribution in [3.05, 3.63) is 87.1 Å². The molecular weight excluding hydrogens is 478 g/mol. The number of aliphatic hydroxyl groups excluding tert-OH is 1. The van der Waals surface area contributed by atoms with Crippen LogP contribution in [-0.2, 0) is 25.5 Å². The van der Waals surface area contributed by atoms with E-state index in [0.717, 1.165) is 16.0 Å². The molecule has 7 nitrogen and oxygen atoms in total. The highest BCUT2D eigenvalue weighted by Crippen LogP contribution is 2.43. The molecule has 0 radical (unpaired) electrons. The number of benzene rings is 2. The van der Waals surface area contributed by atoms with Gasteiger partial charge in [-0.1, -0.05) is 18.2 Å². The van der Waals surface area contributed by atoms with Gasteiger partial charge in [-0.3, -0.25) is 19.3 Å². The topological polar surface area (TPSA) is 93.1 Å². The minimum Gasteiger partial charge on any atom is -0.507 e. The summed E-state index contributed by atoms with van der Waals surface area (Å²) in [6, 6.07) is 14.8. The summed E-state index contributed by atoms with van der Waals surface area (Å²) in [6.07, 6.45) is -0.105. The molecular formula is C28H27NO6S. The Labute approximate surface area is 213 Å². The predicted octanol–water partition coefficient (Wildman–Crippen LogP) is 5.19. The summed E-state index contributed by atoms with van der Waals surface area (Å²) in [6.45, 7) is 5.41. The molecule has 186 valence electrons. The molecule has 1 fully saturated rings. The lowest BCUT2D eigenvalue weighted by molar-refractivity contribution is -0.146. The number of esters is 1. The van der Waals surface area contributed by atoms with Gasteiger partial charge < -0.3 is 14.6 Å². The average Bonchev–Trinajstić information content (AvgIpc) is 3.45. The van der Waals surface area contributed by atoms with Crippen LogP contribution in [0.1, 0.15) is 41.5 Å². The third-order valence-corrected chi connectivity index (χ3v) is 6.78. The molecule has 2 aromatic carbocycles. The first kappa shape index (κ1) is 25.2. The third-order valence-electron chi connectivity index (χ3n) is 5.86. The molecule has 1 aliphatic rings. The molecule has 1 unspecified atom stereocenters. The van der Waals surface area contributed by atoms with Crippen LogP contribution in [0.4, 0.5) is 5.69 Å². The molecule has 8 heteroatoms. The zero-order chi connectivity index (χ0) is 26.0. The molecule has 1 atom stereocenters. The number of ketones is 1. The summed E-state index contributed by atoms with van der Waals surface area (Å²) in [5.41, 5.74) is 2.45. The number of hydrogen-bond acceptors (Lipinski definition) is 7. The number of methoxy groups -OCH3 is 1. The molecule has 36 heavy (non-hydrogen) atoms. The van der Waals surface area contributed by atoms with Gasteiger partial charge >= 0.3 is 5.97 Å². The minimum atomic E-state index is -0.788. The minimum absolute atomic E-state index is 0.0246. The van der Waals surface area contributed by atoms with Gasteiger partial charge in [-0.05, 0) is 73.7 Å². The van der Waals surface area contributed by atoms with Gasteiger partial charge in [-0.2, -0.15) is 0 Å². The summed E-state index contributed by atoms with van der Waals surface area (Å²) >= 11 is 1.39. The number of aryl methyl sites for hydroxylation is 1. The quantitative estimate of drug-likeness (QED) is 0.206. The number of rotatable bonds is 7. The van der Waals surface area contributed by atoms with Crippen molar-refractivity contribution in [1.29, 1.82) is 0 Å². The van der Waals surface area contributed by atoms with E-state index >= 15 is 0 Å². The molecule has 1 saturated heterocycles. The molecule has 4 rings (SSSR count). The Kier molecular flexibility index (Phi) is 7.26. The van der Waals surface area contributed by atoms with E-state index < -0.39 is 17.7 Å². The molecule has 1 amide bonds. The Bertz CT molecular complexity index is 1320. The number of carbonyl (C=O) groups is 3. The molecule has 0 saturated carbocycles. The third kappa shape index (κ3) is 4.90. The zero-order valence-corrected chi connectivity index (χ0v) is 21.3. The van der Waals surface area contributed by atoms with Crippen molar-refractivity contribution in [2.75, 3.05) is 12.0 Å². The van der Waals surface area contributed by atoms with Crippen molar-refractivity contribution in [1.82, 2.24) is 0 Å². The van der Waals surface area contributed by atoms with E-state index in [9.17, 15) is 19.5 Å². The first-order valence-electron chi connectivity index (χ1n) is 11.5. The summed E-state index contributed by atoms with van der Waals surface area (Å²) in [4.78, 5) is 40.6. The highest BCUT2D eigenvalue weighted by Gasteiger charge is 2.47. The van der Waals surface area contributed by atoms with E-state index in [2.05, 4.69) is 0 Å². The maximum atomic E-state index is 13.3. The Hall–Kier alpha value is -3.91. The van der Waals surface area contributed by atoms with E-state index in [-0.39, 0.29) is 29.8 Å². The molecule has 0 spiro atoms. The normalized spacial score (nSPS) is 17.0. The average molecular weight is 506 g/mol. The number of hydrogen-bond donors (Lipinski definition) is 1. The summed E-state index contributed by atoms with van der Waals surface area (Å²) in [5.74, 6) is -1.42. The van der Waals surface area contributed by atoms with Gasteiger partial charge in [-0.25, -0.2) is 0 Å². The van der Waals surface area contributed by atoms with Gasteiger partial charge in [-0.15, -0.1) is 11.3 Å². The fraction of sp³-hybridized carbons (Fsp3) is 0.250. The van der Waals surface area contributed by atoms with Gasteiger partial charge in [0.05, 0.1) is 25.2 Å². The van der Waals surface area contributed by atoms with Gasteiger partial charge in [0.2, 0.25) is 0 Å². The van der Waals surface area contributed by atoms with Crippen LogP contribution in [0.5, 0.6) is 5.75 Å². The van der Waals surface area contributed by atoms with E-state index in [1.54, 1.807) is 63.4 Å². The van der Waals surface area contributed by atoms with E-state index in [0.29, 0.717) is 17.0 Å². The van der Waals surface area contributed by atoms with E-state index in [1.807, 2.05) is 24.4 Å². The van der Waals surface area contributed by atoms with Crippen molar-refractivity contribution in [3.8, 4) is 5.75 Å². The lowest BCUT2D eigenvalue weighted by Crippen LogP contribution is -2.29. The second-order valence-corrected chi connectivity index (χ2v) is 9.73. The lowest BCUT2D eigenvalue weighted by atomic mass is 9.98. The SMILES string of the molecule is COc1ccc(/C(O)=C2/C(=O)C(=O)N(c3ccc(CC(=O)OC(C)C)cc3)C2c2cccs2)cc1C. The van der Waals surface area contributed by atoms with Gasteiger partial charge in [0.1, 0.15) is 17.6 Å². The van der Waals surface area contributed by atoms with E-state index in [4.69, 9.17) is 9.47 Å². The van der Waals surface area contributed by atoms with Crippen LogP contribution in [0.25, 0.3) is 5.76 Å². The van der Waals surface area contributed by atoms with Gasteiger partial charge in [0.15, 0.2) is 0 Å². The van der Waals surface area contributed by atoms with Crippen molar-refractivity contribution in [3.63, 3.8) is 0 Å². The van der Waals surface area contributed by atoms with Gasteiger partial charge in [0.25, 0.3) is 11.7 Å². The van der Waals surface area contributed by atoms with Crippen LogP contribution >= 0.6 is 11.3 Å². The van der Waals surface area contributed by atoms with Crippen molar-refractivity contribution in [2.45, 2.75) is 39.3 Å². The number of ether oxygens (including phenoxy) is 2. The monoisotopic (exact) mass is 505 g/mol. The highest BCUT2D eigenvalue weighted by molar-refractivity contribution is 7.10. The van der Waals surface area contributed by atoms with Crippen LogP contribution in [0, 0.1) is 6.92 Å². The van der Waals surface area contributed by atoms with Crippen LogP contribution in [0.15, 0.2) is 65.6 Å². The Morgan fingerprint density at radius 2 is 1.83 bits per heavy atom.